The standard InChI is InChI=1S/C52H95NO5/c1-4-7-10-13-16-19-22-25-27-29-32-35-38-41-44-50(55)49(47-54)53-51(56)46-48(43-40-37-34-31-28-26-23-20-17-14-11-8-5-2)58-52(57)45-42-39-36-33-30-24-21-18-15-12-9-6-3/h8,11,14,17-18,20-21,23,48-50,54-55H,4-7,9-10,12-13,15-16,19,22,24-47H2,1-3H3,(H,53,56)/b11-8+,17-14+,21-18-,23-20+. The van der Waals surface area contributed by atoms with Crippen molar-refractivity contribution in [1.82, 2.24) is 5.32 Å². The van der Waals surface area contributed by atoms with Gasteiger partial charge in [0.25, 0.3) is 0 Å². The molecule has 0 fully saturated rings. The fourth-order valence-electron chi connectivity index (χ4n) is 7.42. The van der Waals surface area contributed by atoms with E-state index >= 15 is 0 Å². The predicted molar refractivity (Wildman–Crippen MR) is 250 cm³/mol. The molecule has 0 aliphatic heterocycles. The number of hydrogen-bond donors (Lipinski definition) is 3. The molecule has 0 bridgehead atoms. The number of hydrogen-bond acceptors (Lipinski definition) is 5. The van der Waals surface area contributed by atoms with Crippen LogP contribution in [0.1, 0.15) is 245 Å². The number of allylic oxidation sites excluding steroid dienone is 8. The van der Waals surface area contributed by atoms with Gasteiger partial charge in [-0.25, -0.2) is 0 Å². The summed E-state index contributed by atoms with van der Waals surface area (Å²) in [6, 6.07) is -0.709. The van der Waals surface area contributed by atoms with E-state index in [-0.39, 0.29) is 24.9 Å². The lowest BCUT2D eigenvalue weighted by molar-refractivity contribution is -0.151. The molecule has 3 N–H and O–H groups in total. The smallest absolute Gasteiger partial charge is 0.306 e. The van der Waals surface area contributed by atoms with Crippen molar-refractivity contribution in [2.24, 2.45) is 0 Å². The number of aliphatic hydroxyl groups is 2. The number of ether oxygens (including phenoxy) is 1. The molecule has 0 aromatic rings. The highest BCUT2D eigenvalue weighted by atomic mass is 16.5. The molecule has 0 heterocycles. The fourth-order valence-corrected chi connectivity index (χ4v) is 7.42. The second kappa shape index (κ2) is 45.9. The Morgan fingerprint density at radius 1 is 0.517 bits per heavy atom. The number of aliphatic hydroxyl groups excluding tert-OH is 2. The minimum absolute atomic E-state index is 0.0610. The van der Waals surface area contributed by atoms with Gasteiger partial charge in [-0.3, -0.25) is 9.59 Å². The molecule has 0 spiro atoms. The Hall–Kier alpha value is -2.18. The number of carbonyl (C=O) groups is 2. The largest absolute Gasteiger partial charge is 0.462 e. The lowest BCUT2D eigenvalue weighted by atomic mass is 10.0. The Morgan fingerprint density at radius 3 is 1.48 bits per heavy atom. The monoisotopic (exact) mass is 814 g/mol. The van der Waals surface area contributed by atoms with Crippen LogP contribution in [0.4, 0.5) is 0 Å². The van der Waals surface area contributed by atoms with Crippen molar-refractivity contribution >= 4 is 11.9 Å². The van der Waals surface area contributed by atoms with Crippen molar-refractivity contribution in [1.29, 1.82) is 0 Å². The third kappa shape index (κ3) is 40.6. The van der Waals surface area contributed by atoms with E-state index in [0.29, 0.717) is 19.3 Å². The van der Waals surface area contributed by atoms with E-state index in [1.807, 2.05) is 0 Å². The number of carbonyl (C=O) groups excluding carboxylic acids is 2. The highest BCUT2D eigenvalue weighted by Crippen LogP contribution is 2.18. The van der Waals surface area contributed by atoms with Crippen LogP contribution in [-0.2, 0) is 14.3 Å². The molecule has 58 heavy (non-hydrogen) atoms. The molecule has 3 unspecified atom stereocenters. The van der Waals surface area contributed by atoms with E-state index in [9.17, 15) is 19.8 Å². The molecule has 338 valence electrons. The van der Waals surface area contributed by atoms with Gasteiger partial charge >= 0.3 is 5.97 Å². The van der Waals surface area contributed by atoms with Crippen LogP contribution in [0.25, 0.3) is 0 Å². The quantitative estimate of drug-likeness (QED) is 0.0246. The van der Waals surface area contributed by atoms with Crippen LogP contribution in [0.2, 0.25) is 0 Å². The van der Waals surface area contributed by atoms with E-state index in [0.717, 1.165) is 89.9 Å². The average molecular weight is 814 g/mol. The number of amides is 1. The lowest BCUT2D eigenvalue weighted by Crippen LogP contribution is -2.46. The highest BCUT2D eigenvalue weighted by molar-refractivity contribution is 5.77. The Morgan fingerprint density at radius 2 is 0.948 bits per heavy atom. The summed E-state index contributed by atoms with van der Waals surface area (Å²) in [5.41, 5.74) is 0. The highest BCUT2D eigenvalue weighted by Gasteiger charge is 2.24. The summed E-state index contributed by atoms with van der Waals surface area (Å²) < 4.78 is 5.91. The van der Waals surface area contributed by atoms with Gasteiger partial charge < -0.3 is 20.3 Å². The van der Waals surface area contributed by atoms with E-state index in [1.54, 1.807) is 0 Å². The summed E-state index contributed by atoms with van der Waals surface area (Å²) in [7, 11) is 0. The molecule has 0 radical (unpaired) electrons. The number of esters is 1. The van der Waals surface area contributed by atoms with Crippen molar-refractivity contribution in [3.8, 4) is 0 Å². The molecule has 3 atom stereocenters. The molecule has 6 nitrogen and oxygen atoms in total. The topological polar surface area (TPSA) is 95.9 Å². The fraction of sp³-hybridized carbons (Fsp3) is 0.808. The van der Waals surface area contributed by atoms with Crippen LogP contribution >= 0.6 is 0 Å². The SMILES string of the molecule is CC/C=C/C=C/C=C/CCCCCCCC(CC(=O)NC(CO)C(O)CCCCCCCCCCCCCCCC)OC(=O)CCCCCCC/C=C\CCCCC. The maximum atomic E-state index is 13.2. The van der Waals surface area contributed by atoms with Crippen LogP contribution in [0, 0.1) is 0 Å². The first-order valence-corrected chi connectivity index (χ1v) is 24.9. The minimum Gasteiger partial charge on any atom is -0.462 e. The first kappa shape index (κ1) is 55.8. The third-order valence-electron chi connectivity index (χ3n) is 11.2. The molecule has 0 aromatic carbocycles. The molecule has 6 heteroatoms. The molecule has 0 aromatic heterocycles. The molecular formula is C52H95NO5. The molecule has 0 aliphatic carbocycles. The van der Waals surface area contributed by atoms with Crippen LogP contribution in [0.15, 0.2) is 48.6 Å². The van der Waals surface area contributed by atoms with E-state index in [2.05, 4.69) is 74.7 Å². The van der Waals surface area contributed by atoms with E-state index in [1.165, 1.54) is 109 Å². The average Bonchev–Trinajstić information content (AvgIpc) is 3.22. The van der Waals surface area contributed by atoms with Gasteiger partial charge in [-0.05, 0) is 70.6 Å². The van der Waals surface area contributed by atoms with Gasteiger partial charge in [-0.1, -0.05) is 211 Å². The van der Waals surface area contributed by atoms with Crippen LogP contribution in [-0.4, -0.2) is 46.9 Å². The summed E-state index contributed by atoms with van der Waals surface area (Å²) in [6.07, 6.45) is 54.5. The summed E-state index contributed by atoms with van der Waals surface area (Å²) in [5, 5.41) is 23.7. The molecule has 0 aliphatic rings. The van der Waals surface area contributed by atoms with Crippen LogP contribution in [0.3, 0.4) is 0 Å². The maximum Gasteiger partial charge on any atom is 0.306 e. The van der Waals surface area contributed by atoms with Crippen molar-refractivity contribution in [2.45, 2.75) is 264 Å². The number of unbranched alkanes of at least 4 members (excludes halogenated alkanes) is 26. The van der Waals surface area contributed by atoms with Crippen molar-refractivity contribution in [3.63, 3.8) is 0 Å². The zero-order chi connectivity index (χ0) is 42.4. The van der Waals surface area contributed by atoms with Gasteiger partial charge in [-0.2, -0.15) is 0 Å². The van der Waals surface area contributed by atoms with Gasteiger partial charge in [0.1, 0.15) is 6.10 Å². The first-order chi connectivity index (χ1) is 28.5. The van der Waals surface area contributed by atoms with Crippen molar-refractivity contribution < 1.29 is 24.5 Å². The first-order valence-electron chi connectivity index (χ1n) is 24.9. The molecule has 0 saturated heterocycles. The predicted octanol–water partition coefficient (Wildman–Crippen LogP) is 14.7. The lowest BCUT2D eigenvalue weighted by Gasteiger charge is -2.24. The molecule has 0 rings (SSSR count). The van der Waals surface area contributed by atoms with E-state index in [4.69, 9.17) is 4.74 Å². The van der Waals surface area contributed by atoms with Gasteiger partial charge in [0, 0.05) is 6.42 Å². The van der Waals surface area contributed by atoms with Gasteiger partial charge in [0.15, 0.2) is 0 Å². The van der Waals surface area contributed by atoms with E-state index < -0.39 is 18.2 Å². The summed E-state index contributed by atoms with van der Waals surface area (Å²) >= 11 is 0. The number of rotatable bonds is 44. The summed E-state index contributed by atoms with van der Waals surface area (Å²) in [6.45, 7) is 6.32. The van der Waals surface area contributed by atoms with Gasteiger partial charge in [0.05, 0.1) is 25.2 Å². The van der Waals surface area contributed by atoms with Crippen molar-refractivity contribution in [3.05, 3.63) is 48.6 Å². The zero-order valence-corrected chi connectivity index (χ0v) is 38.4. The normalized spacial score (nSPS) is 13.7. The van der Waals surface area contributed by atoms with Crippen LogP contribution in [0.5, 0.6) is 0 Å². The minimum atomic E-state index is -0.794. The Bertz CT molecular complexity index is 1000. The maximum absolute atomic E-state index is 13.2. The Kier molecular flexibility index (Phi) is 44.2. The summed E-state index contributed by atoms with van der Waals surface area (Å²) in [4.78, 5) is 26.1. The molecular weight excluding hydrogens is 719 g/mol. The molecule has 0 saturated carbocycles. The second-order valence-electron chi connectivity index (χ2n) is 16.9. The second-order valence-corrected chi connectivity index (χ2v) is 16.9. The zero-order valence-electron chi connectivity index (χ0n) is 38.4. The summed E-state index contributed by atoms with van der Waals surface area (Å²) in [5.74, 6) is -0.502. The Balaban J connectivity index is 4.59. The third-order valence-corrected chi connectivity index (χ3v) is 11.2. The van der Waals surface area contributed by atoms with Crippen molar-refractivity contribution in [2.75, 3.05) is 6.61 Å². The van der Waals surface area contributed by atoms with Gasteiger partial charge in [0.2, 0.25) is 5.91 Å². The Labute approximate surface area is 359 Å². The van der Waals surface area contributed by atoms with Gasteiger partial charge in [-0.15, -0.1) is 0 Å². The van der Waals surface area contributed by atoms with Crippen LogP contribution < -0.4 is 5.32 Å². The molecule has 1 amide bonds. The number of nitrogens with one attached hydrogen (secondary N) is 1.